The van der Waals surface area contributed by atoms with Crippen LogP contribution in [-0.4, -0.2) is 11.7 Å². The Kier molecular flexibility index (Phi) is 5.58. The van der Waals surface area contributed by atoms with E-state index in [9.17, 15) is 5.11 Å². The molecule has 1 saturated carbocycles. The van der Waals surface area contributed by atoms with Crippen LogP contribution in [0.5, 0.6) is 0 Å². The molecule has 124 valence electrons. The molecule has 1 aliphatic rings. The van der Waals surface area contributed by atoms with E-state index >= 15 is 0 Å². The number of aliphatic hydroxyl groups is 1. The Hall–Kier alpha value is -0.570. The Morgan fingerprint density at radius 2 is 2.05 bits per heavy atom. The molecule has 0 aliphatic heterocycles. The molecule has 2 nitrogen and oxygen atoms in total. The van der Waals surface area contributed by atoms with E-state index in [0.29, 0.717) is 5.41 Å². The summed E-state index contributed by atoms with van der Waals surface area (Å²) in [6.07, 6.45) is 6.30. The molecule has 1 unspecified atom stereocenters. The molecular weight excluding hydrogens is 294 g/mol. The summed E-state index contributed by atoms with van der Waals surface area (Å²) in [5.41, 5.74) is 8.83. The largest absolute Gasteiger partial charge is 0.396 e. The number of hydrogen-bond donors (Lipinski definition) is 2. The first-order valence-corrected chi connectivity index (χ1v) is 8.83. The molecule has 1 aliphatic carbocycles. The summed E-state index contributed by atoms with van der Waals surface area (Å²) in [5.74, 6) is 0.137. The first-order chi connectivity index (χ1) is 10.3. The molecule has 1 aromatic carbocycles. The Labute approximate surface area is 140 Å². The smallest absolute Gasteiger partial charge is 0.0480 e. The molecular formula is C19H30ClNO. The highest BCUT2D eigenvalue weighted by molar-refractivity contribution is 6.31. The van der Waals surface area contributed by atoms with Crippen molar-refractivity contribution in [3.63, 3.8) is 0 Å². The number of aryl methyl sites for hydroxylation is 1. The second kappa shape index (κ2) is 6.90. The van der Waals surface area contributed by atoms with Crippen LogP contribution in [0.25, 0.3) is 0 Å². The zero-order valence-corrected chi connectivity index (χ0v) is 14.9. The maximum absolute atomic E-state index is 9.67. The van der Waals surface area contributed by atoms with Gasteiger partial charge in [0.2, 0.25) is 0 Å². The molecule has 0 radical (unpaired) electrons. The minimum atomic E-state index is -0.431. The van der Waals surface area contributed by atoms with Gasteiger partial charge in [0.15, 0.2) is 0 Å². The van der Waals surface area contributed by atoms with Gasteiger partial charge in [-0.15, -0.1) is 0 Å². The lowest BCUT2D eigenvalue weighted by molar-refractivity contribution is 0.108. The van der Waals surface area contributed by atoms with E-state index in [1.54, 1.807) is 0 Å². The lowest BCUT2D eigenvalue weighted by Crippen LogP contribution is -2.47. The molecule has 2 atom stereocenters. The highest BCUT2D eigenvalue weighted by Crippen LogP contribution is 2.40. The maximum Gasteiger partial charge on any atom is 0.0480 e. The summed E-state index contributed by atoms with van der Waals surface area (Å²) in [6.45, 7) is 6.90. The van der Waals surface area contributed by atoms with Gasteiger partial charge in [-0.3, -0.25) is 0 Å². The topological polar surface area (TPSA) is 46.2 Å². The first kappa shape index (κ1) is 17.8. The van der Waals surface area contributed by atoms with Gasteiger partial charge in [-0.1, -0.05) is 57.3 Å². The molecule has 0 spiro atoms. The predicted octanol–water partition coefficient (Wildman–Crippen LogP) is 4.66. The second-order valence-corrected chi connectivity index (χ2v) is 8.44. The van der Waals surface area contributed by atoms with E-state index in [2.05, 4.69) is 32.9 Å². The fourth-order valence-electron chi connectivity index (χ4n) is 3.45. The number of halogens is 1. The Bertz CT molecular complexity index is 509. The van der Waals surface area contributed by atoms with Gasteiger partial charge in [0, 0.05) is 23.1 Å². The zero-order chi connectivity index (χ0) is 16.4. The van der Waals surface area contributed by atoms with Gasteiger partial charge in [-0.2, -0.15) is 0 Å². The van der Waals surface area contributed by atoms with Crippen LogP contribution in [0.1, 0.15) is 64.0 Å². The molecule has 0 aromatic heterocycles. The van der Waals surface area contributed by atoms with Crippen LogP contribution >= 0.6 is 11.6 Å². The molecule has 3 N–H and O–H groups in total. The summed E-state index contributed by atoms with van der Waals surface area (Å²) in [6, 6.07) is 6.28. The number of nitrogens with two attached hydrogens (primary N) is 1. The van der Waals surface area contributed by atoms with Crippen LogP contribution in [0.3, 0.4) is 0 Å². The second-order valence-electron chi connectivity index (χ2n) is 8.03. The molecule has 0 bridgehead atoms. The highest BCUT2D eigenvalue weighted by Gasteiger charge is 2.38. The van der Waals surface area contributed by atoms with Gasteiger partial charge >= 0.3 is 0 Å². The summed E-state index contributed by atoms with van der Waals surface area (Å²) in [5, 5.41) is 10.5. The van der Waals surface area contributed by atoms with Crippen molar-refractivity contribution in [1.29, 1.82) is 0 Å². The van der Waals surface area contributed by atoms with E-state index in [1.165, 1.54) is 5.56 Å². The average Bonchev–Trinajstić information content (AvgIpc) is 2.45. The molecule has 0 amide bonds. The van der Waals surface area contributed by atoms with Gasteiger partial charge < -0.3 is 10.8 Å². The van der Waals surface area contributed by atoms with Crippen LogP contribution in [0, 0.1) is 11.3 Å². The third-order valence-corrected chi connectivity index (χ3v) is 5.43. The minimum absolute atomic E-state index is 0.137. The van der Waals surface area contributed by atoms with Crippen molar-refractivity contribution >= 4 is 11.6 Å². The molecule has 0 saturated heterocycles. The SMILES string of the molecule is CC(C)(C)CCc1ccc([C@@]2(N)CCCCC2CO)cc1Cl. The molecule has 1 fully saturated rings. The van der Waals surface area contributed by atoms with Crippen LogP contribution in [0.4, 0.5) is 0 Å². The summed E-state index contributed by atoms with van der Waals surface area (Å²) < 4.78 is 0. The first-order valence-electron chi connectivity index (χ1n) is 8.45. The van der Waals surface area contributed by atoms with Crippen molar-refractivity contribution in [2.45, 2.75) is 64.8 Å². The summed E-state index contributed by atoms with van der Waals surface area (Å²) in [7, 11) is 0. The maximum atomic E-state index is 9.67. The van der Waals surface area contributed by atoms with Crippen molar-refractivity contribution in [3.05, 3.63) is 34.3 Å². The highest BCUT2D eigenvalue weighted by atomic mass is 35.5. The van der Waals surface area contributed by atoms with Gasteiger partial charge in [0.1, 0.15) is 0 Å². The fraction of sp³-hybridized carbons (Fsp3) is 0.684. The van der Waals surface area contributed by atoms with Crippen molar-refractivity contribution in [1.82, 2.24) is 0 Å². The molecule has 22 heavy (non-hydrogen) atoms. The molecule has 2 rings (SSSR count). The number of hydrogen-bond acceptors (Lipinski definition) is 2. The third-order valence-electron chi connectivity index (χ3n) is 5.08. The normalized spacial score (nSPS) is 26.2. The standard InChI is InChI=1S/C19H30ClNO/c1-18(2,3)11-9-14-7-8-15(12-17(14)20)19(21)10-5-4-6-16(19)13-22/h7-8,12,16,22H,4-6,9-11,13,21H2,1-3H3/t16?,19-/m0/s1. The van der Waals surface area contributed by atoms with Crippen molar-refractivity contribution < 1.29 is 5.11 Å². The van der Waals surface area contributed by atoms with Gasteiger partial charge in [-0.05, 0) is 48.3 Å². The molecule has 1 aromatic rings. The van der Waals surface area contributed by atoms with E-state index < -0.39 is 5.54 Å². The fourth-order valence-corrected chi connectivity index (χ4v) is 3.73. The predicted molar refractivity (Wildman–Crippen MR) is 94.1 cm³/mol. The van der Waals surface area contributed by atoms with E-state index in [0.717, 1.165) is 49.1 Å². The Morgan fingerprint density at radius 1 is 1.32 bits per heavy atom. The Morgan fingerprint density at radius 3 is 2.64 bits per heavy atom. The quantitative estimate of drug-likeness (QED) is 0.846. The number of rotatable bonds is 4. The van der Waals surface area contributed by atoms with E-state index in [4.69, 9.17) is 17.3 Å². The summed E-state index contributed by atoms with van der Waals surface area (Å²) >= 11 is 6.51. The van der Waals surface area contributed by atoms with Gasteiger partial charge in [0.25, 0.3) is 0 Å². The monoisotopic (exact) mass is 323 g/mol. The van der Waals surface area contributed by atoms with Gasteiger partial charge in [-0.25, -0.2) is 0 Å². The van der Waals surface area contributed by atoms with Crippen LogP contribution < -0.4 is 5.73 Å². The van der Waals surface area contributed by atoms with E-state index in [-0.39, 0.29) is 12.5 Å². The van der Waals surface area contributed by atoms with Crippen LogP contribution in [0.15, 0.2) is 18.2 Å². The van der Waals surface area contributed by atoms with E-state index in [1.807, 2.05) is 6.07 Å². The van der Waals surface area contributed by atoms with Crippen molar-refractivity contribution in [3.8, 4) is 0 Å². The molecule has 0 heterocycles. The van der Waals surface area contributed by atoms with Crippen molar-refractivity contribution in [2.24, 2.45) is 17.1 Å². The van der Waals surface area contributed by atoms with Crippen molar-refractivity contribution in [2.75, 3.05) is 6.61 Å². The van der Waals surface area contributed by atoms with Crippen LogP contribution in [0.2, 0.25) is 5.02 Å². The lowest BCUT2D eigenvalue weighted by Gasteiger charge is -2.41. The van der Waals surface area contributed by atoms with Crippen LogP contribution in [-0.2, 0) is 12.0 Å². The summed E-state index contributed by atoms with van der Waals surface area (Å²) in [4.78, 5) is 0. The lowest BCUT2D eigenvalue weighted by atomic mass is 9.69. The molecule has 3 heteroatoms. The third kappa shape index (κ3) is 4.04. The number of aliphatic hydroxyl groups excluding tert-OH is 1. The number of benzene rings is 1. The Balaban J connectivity index is 2.21. The average molecular weight is 324 g/mol. The zero-order valence-electron chi connectivity index (χ0n) is 14.2. The van der Waals surface area contributed by atoms with Gasteiger partial charge in [0.05, 0.1) is 0 Å². The minimum Gasteiger partial charge on any atom is -0.396 e.